The van der Waals surface area contributed by atoms with Gasteiger partial charge in [0.05, 0.1) is 22.4 Å². The highest BCUT2D eigenvalue weighted by Crippen LogP contribution is 2.26. The molecule has 8 heteroatoms. The number of nitrogens with one attached hydrogen (secondary N) is 2. The number of nitrogens with zero attached hydrogens (tertiary/aromatic N) is 1. The molecule has 0 saturated carbocycles. The van der Waals surface area contributed by atoms with E-state index in [4.69, 9.17) is 0 Å². The average molecular weight is 458 g/mol. The Morgan fingerprint density at radius 1 is 1.03 bits per heavy atom. The zero-order valence-electron chi connectivity index (χ0n) is 15.8. The molecule has 1 heterocycles. The molecule has 1 aliphatic rings. The zero-order chi connectivity index (χ0) is 21.0. The first-order valence-corrected chi connectivity index (χ1v) is 10.0. The summed E-state index contributed by atoms with van der Waals surface area (Å²) in [6, 6.07) is 11.7. The number of halogens is 1. The van der Waals surface area contributed by atoms with Crippen LogP contribution in [0.2, 0.25) is 0 Å². The summed E-state index contributed by atoms with van der Waals surface area (Å²) < 4.78 is 0.726. The van der Waals surface area contributed by atoms with Crippen LogP contribution in [0, 0.1) is 0 Å². The van der Waals surface area contributed by atoms with Crippen LogP contribution in [0.1, 0.15) is 50.8 Å². The molecule has 0 aliphatic carbocycles. The van der Waals surface area contributed by atoms with Gasteiger partial charge < -0.3 is 10.6 Å². The topological polar surface area (TPSA) is 95.6 Å². The van der Waals surface area contributed by atoms with Gasteiger partial charge in [0.2, 0.25) is 5.91 Å². The van der Waals surface area contributed by atoms with Gasteiger partial charge in [-0.25, -0.2) is 0 Å². The minimum atomic E-state index is -0.353. The summed E-state index contributed by atoms with van der Waals surface area (Å²) >= 11 is 3.30. The van der Waals surface area contributed by atoms with Crippen molar-refractivity contribution in [2.45, 2.75) is 19.8 Å². The van der Waals surface area contributed by atoms with E-state index in [0.29, 0.717) is 35.3 Å². The third kappa shape index (κ3) is 4.54. The first-order chi connectivity index (χ1) is 13.9. The highest BCUT2D eigenvalue weighted by Gasteiger charge is 2.35. The third-order valence-corrected chi connectivity index (χ3v) is 4.99. The van der Waals surface area contributed by atoms with Crippen LogP contribution in [0.5, 0.6) is 0 Å². The number of fused-ring (bicyclic) bond motifs is 1. The van der Waals surface area contributed by atoms with Crippen LogP contribution >= 0.6 is 15.9 Å². The summed E-state index contributed by atoms with van der Waals surface area (Å²) in [7, 11) is 0. The van der Waals surface area contributed by atoms with Gasteiger partial charge in [-0.2, -0.15) is 0 Å². The second kappa shape index (κ2) is 9.00. The van der Waals surface area contributed by atoms with Gasteiger partial charge in [0.25, 0.3) is 17.7 Å². The first kappa shape index (κ1) is 20.7. The SMILES string of the molecule is CCNC(=O)c1ccccc1NC(=O)CCCN1C(=O)c2ccc(Br)cc2C1=O. The first-order valence-electron chi connectivity index (χ1n) is 9.25. The zero-order valence-corrected chi connectivity index (χ0v) is 17.4. The number of hydrogen-bond acceptors (Lipinski definition) is 4. The fourth-order valence-corrected chi connectivity index (χ4v) is 3.48. The lowest BCUT2D eigenvalue weighted by Crippen LogP contribution is -2.31. The van der Waals surface area contributed by atoms with E-state index in [1.807, 2.05) is 6.92 Å². The molecule has 2 aromatic carbocycles. The number of imide groups is 1. The van der Waals surface area contributed by atoms with Crippen LogP contribution in [-0.4, -0.2) is 41.6 Å². The smallest absolute Gasteiger partial charge is 0.261 e. The molecule has 3 rings (SSSR count). The predicted molar refractivity (Wildman–Crippen MR) is 112 cm³/mol. The number of rotatable bonds is 7. The number of anilines is 1. The van der Waals surface area contributed by atoms with Gasteiger partial charge in [-0.1, -0.05) is 28.1 Å². The second-order valence-corrected chi connectivity index (χ2v) is 7.42. The Kier molecular flexibility index (Phi) is 6.43. The van der Waals surface area contributed by atoms with Crippen molar-refractivity contribution < 1.29 is 19.2 Å². The largest absolute Gasteiger partial charge is 0.352 e. The fourth-order valence-electron chi connectivity index (χ4n) is 3.12. The Labute approximate surface area is 176 Å². The molecule has 2 aromatic rings. The summed E-state index contributed by atoms with van der Waals surface area (Å²) in [5.41, 5.74) is 1.55. The van der Waals surface area contributed by atoms with Gasteiger partial charge in [0.15, 0.2) is 0 Å². The molecule has 29 heavy (non-hydrogen) atoms. The number of para-hydroxylation sites is 1. The van der Waals surface area contributed by atoms with Gasteiger partial charge in [0.1, 0.15) is 0 Å². The maximum atomic E-state index is 12.4. The van der Waals surface area contributed by atoms with E-state index in [1.165, 1.54) is 0 Å². The Hall–Kier alpha value is -3.00. The van der Waals surface area contributed by atoms with Crippen molar-refractivity contribution in [1.82, 2.24) is 10.2 Å². The second-order valence-electron chi connectivity index (χ2n) is 6.51. The summed E-state index contributed by atoms with van der Waals surface area (Å²) in [6.45, 7) is 2.45. The van der Waals surface area contributed by atoms with Crippen molar-refractivity contribution in [3.05, 3.63) is 63.6 Å². The predicted octanol–water partition coefficient (Wildman–Crippen LogP) is 3.21. The molecule has 2 N–H and O–H groups in total. The molecular weight excluding hydrogens is 438 g/mol. The Morgan fingerprint density at radius 2 is 1.76 bits per heavy atom. The van der Waals surface area contributed by atoms with E-state index in [2.05, 4.69) is 26.6 Å². The van der Waals surface area contributed by atoms with Crippen molar-refractivity contribution in [2.75, 3.05) is 18.4 Å². The van der Waals surface area contributed by atoms with E-state index in [1.54, 1.807) is 42.5 Å². The van der Waals surface area contributed by atoms with E-state index < -0.39 is 0 Å². The van der Waals surface area contributed by atoms with Gasteiger partial charge in [-0.05, 0) is 43.7 Å². The van der Waals surface area contributed by atoms with Crippen molar-refractivity contribution in [3.63, 3.8) is 0 Å². The van der Waals surface area contributed by atoms with Crippen LogP contribution < -0.4 is 10.6 Å². The molecule has 0 fully saturated rings. The fraction of sp³-hybridized carbons (Fsp3) is 0.238. The van der Waals surface area contributed by atoms with Crippen LogP contribution in [-0.2, 0) is 4.79 Å². The lowest BCUT2D eigenvalue weighted by Gasteiger charge is -2.14. The molecule has 0 radical (unpaired) electrons. The molecule has 4 amide bonds. The van der Waals surface area contributed by atoms with Crippen molar-refractivity contribution >= 4 is 45.2 Å². The van der Waals surface area contributed by atoms with Crippen LogP contribution in [0.4, 0.5) is 5.69 Å². The normalized spacial score (nSPS) is 12.7. The molecule has 1 aliphatic heterocycles. The van der Waals surface area contributed by atoms with Gasteiger partial charge in [-0.3, -0.25) is 24.1 Å². The number of benzene rings is 2. The lowest BCUT2D eigenvalue weighted by molar-refractivity contribution is -0.116. The molecule has 0 bridgehead atoms. The highest BCUT2D eigenvalue weighted by atomic mass is 79.9. The molecule has 0 aromatic heterocycles. The van der Waals surface area contributed by atoms with Crippen molar-refractivity contribution in [1.29, 1.82) is 0 Å². The number of hydrogen-bond donors (Lipinski definition) is 2. The Bertz CT molecular complexity index is 990. The van der Waals surface area contributed by atoms with E-state index in [0.717, 1.165) is 9.37 Å². The summed E-state index contributed by atoms with van der Waals surface area (Å²) in [6.07, 6.45) is 0.433. The number of carbonyl (C=O) groups is 4. The van der Waals surface area contributed by atoms with Crippen LogP contribution in [0.25, 0.3) is 0 Å². The molecule has 0 saturated heterocycles. The minimum Gasteiger partial charge on any atom is -0.352 e. The molecule has 0 unspecified atom stereocenters. The third-order valence-electron chi connectivity index (χ3n) is 4.50. The lowest BCUT2D eigenvalue weighted by atomic mass is 10.1. The number of carbonyl (C=O) groups excluding carboxylic acids is 4. The van der Waals surface area contributed by atoms with E-state index in [9.17, 15) is 19.2 Å². The van der Waals surface area contributed by atoms with Crippen molar-refractivity contribution in [3.8, 4) is 0 Å². The van der Waals surface area contributed by atoms with Gasteiger partial charge in [-0.15, -0.1) is 0 Å². The Morgan fingerprint density at radius 3 is 2.52 bits per heavy atom. The minimum absolute atomic E-state index is 0.112. The summed E-state index contributed by atoms with van der Waals surface area (Å²) in [4.78, 5) is 50.4. The van der Waals surface area contributed by atoms with Gasteiger partial charge >= 0.3 is 0 Å². The quantitative estimate of drug-likeness (QED) is 0.623. The number of amides is 4. The molecule has 0 spiro atoms. The molecule has 150 valence electrons. The maximum absolute atomic E-state index is 12.4. The summed E-state index contributed by atoms with van der Waals surface area (Å²) in [5.74, 6) is -1.26. The van der Waals surface area contributed by atoms with Crippen molar-refractivity contribution in [2.24, 2.45) is 0 Å². The molecule has 7 nitrogen and oxygen atoms in total. The standard InChI is InChI=1S/C21H20BrN3O4/c1-2-23-19(27)15-6-3-4-7-17(15)24-18(26)8-5-11-25-20(28)14-10-9-13(22)12-16(14)21(25)29/h3-4,6-7,9-10,12H,2,5,8,11H2,1H3,(H,23,27)(H,24,26). The van der Waals surface area contributed by atoms with E-state index >= 15 is 0 Å². The molecule has 0 atom stereocenters. The van der Waals surface area contributed by atoms with E-state index in [-0.39, 0.29) is 36.6 Å². The van der Waals surface area contributed by atoms with Crippen LogP contribution in [0.3, 0.4) is 0 Å². The van der Waals surface area contributed by atoms with Gasteiger partial charge in [0, 0.05) is 24.0 Å². The van der Waals surface area contributed by atoms with Crippen LogP contribution in [0.15, 0.2) is 46.9 Å². The highest BCUT2D eigenvalue weighted by molar-refractivity contribution is 9.10. The maximum Gasteiger partial charge on any atom is 0.261 e. The molecular formula is C21H20BrN3O4. The average Bonchev–Trinajstić information content (AvgIpc) is 2.92. The Balaban J connectivity index is 1.57. The summed E-state index contributed by atoms with van der Waals surface area (Å²) in [5, 5.41) is 5.43. The monoisotopic (exact) mass is 457 g/mol.